The van der Waals surface area contributed by atoms with E-state index in [0.717, 1.165) is 17.0 Å². The number of thiophene rings is 1. The Balaban J connectivity index is 1.57. The second-order valence-corrected chi connectivity index (χ2v) is 7.11. The van der Waals surface area contributed by atoms with Crippen molar-refractivity contribution < 1.29 is 4.79 Å². The van der Waals surface area contributed by atoms with E-state index >= 15 is 0 Å². The number of amides is 1. The number of hydrogen-bond donors (Lipinski definition) is 1. The molecule has 5 nitrogen and oxygen atoms in total. The van der Waals surface area contributed by atoms with Crippen molar-refractivity contribution >= 4 is 17.2 Å². The summed E-state index contributed by atoms with van der Waals surface area (Å²) >= 11 is 1.52. The fourth-order valence-electron chi connectivity index (χ4n) is 3.36. The number of nitrogens with zero attached hydrogens (tertiary/aromatic N) is 3. The fraction of sp³-hybridized carbons (Fsp3) is 0.316. The van der Waals surface area contributed by atoms with Gasteiger partial charge < -0.3 is 5.32 Å². The largest absolute Gasteiger partial charge is 0.346 e. The summed E-state index contributed by atoms with van der Waals surface area (Å²) in [5.74, 6) is -0.0536. The molecule has 3 heterocycles. The molecule has 0 aromatic carbocycles. The van der Waals surface area contributed by atoms with Gasteiger partial charge in [-0.15, -0.1) is 0 Å². The Bertz CT molecular complexity index is 836. The van der Waals surface area contributed by atoms with Crippen molar-refractivity contribution in [3.63, 3.8) is 0 Å². The van der Waals surface area contributed by atoms with Crippen molar-refractivity contribution in [3.8, 4) is 11.3 Å². The molecule has 1 aliphatic rings. The van der Waals surface area contributed by atoms with Crippen molar-refractivity contribution in [3.05, 3.63) is 58.7 Å². The molecular weight excluding hydrogens is 332 g/mol. The van der Waals surface area contributed by atoms with Gasteiger partial charge in [0.15, 0.2) is 0 Å². The number of carbonyl (C=O) groups excluding carboxylic acids is 1. The Hall–Kier alpha value is -2.47. The maximum atomic E-state index is 12.1. The first kappa shape index (κ1) is 16.0. The Morgan fingerprint density at radius 2 is 2.04 bits per heavy atom. The molecule has 1 aliphatic carbocycles. The third-order valence-corrected chi connectivity index (χ3v) is 5.33. The topological polar surface area (TPSA) is 59.8 Å². The third kappa shape index (κ3) is 3.49. The van der Waals surface area contributed by atoms with Crippen molar-refractivity contribution in [2.75, 3.05) is 0 Å². The minimum atomic E-state index is -0.0536. The lowest BCUT2D eigenvalue weighted by Crippen LogP contribution is -2.22. The predicted molar refractivity (Wildman–Crippen MR) is 98.5 cm³/mol. The normalized spacial score (nSPS) is 14.7. The van der Waals surface area contributed by atoms with Crippen LogP contribution in [0.4, 0.5) is 0 Å². The van der Waals surface area contributed by atoms with E-state index in [1.807, 2.05) is 29.0 Å². The Morgan fingerprint density at radius 1 is 1.24 bits per heavy atom. The van der Waals surface area contributed by atoms with Crippen LogP contribution in [-0.2, 0) is 6.54 Å². The first-order chi connectivity index (χ1) is 12.3. The molecule has 1 saturated carbocycles. The van der Waals surface area contributed by atoms with Crippen LogP contribution < -0.4 is 5.32 Å². The number of rotatable bonds is 5. The molecule has 3 aromatic heterocycles. The molecular formula is C19H20N4OS. The molecule has 0 spiro atoms. The van der Waals surface area contributed by atoms with Crippen LogP contribution in [0.25, 0.3) is 11.3 Å². The summed E-state index contributed by atoms with van der Waals surface area (Å²) < 4.78 is 2.15. The van der Waals surface area contributed by atoms with Gasteiger partial charge in [0, 0.05) is 28.9 Å². The van der Waals surface area contributed by atoms with Crippen LogP contribution in [0.1, 0.15) is 47.8 Å². The average Bonchev–Trinajstić information content (AvgIpc) is 3.41. The van der Waals surface area contributed by atoms with E-state index in [1.165, 1.54) is 37.0 Å². The lowest BCUT2D eigenvalue weighted by atomic mass is 10.1. The zero-order chi connectivity index (χ0) is 17.1. The summed E-state index contributed by atoms with van der Waals surface area (Å²) in [5, 5.41) is 11.5. The van der Waals surface area contributed by atoms with Crippen LogP contribution in [0.2, 0.25) is 0 Å². The molecule has 0 unspecified atom stereocenters. The minimum Gasteiger partial charge on any atom is -0.346 e. The molecule has 0 aliphatic heterocycles. The Labute approximate surface area is 150 Å². The highest BCUT2D eigenvalue weighted by molar-refractivity contribution is 7.08. The molecule has 25 heavy (non-hydrogen) atoms. The lowest BCUT2D eigenvalue weighted by molar-refractivity contribution is 0.0951. The number of carbonyl (C=O) groups is 1. The number of hydrogen-bond acceptors (Lipinski definition) is 4. The van der Waals surface area contributed by atoms with Crippen LogP contribution in [0.3, 0.4) is 0 Å². The van der Waals surface area contributed by atoms with E-state index in [2.05, 4.69) is 21.0 Å². The second kappa shape index (κ2) is 7.19. The predicted octanol–water partition coefficient (Wildman–Crippen LogP) is 4.05. The van der Waals surface area contributed by atoms with Gasteiger partial charge in [-0.05, 0) is 42.5 Å². The highest BCUT2D eigenvalue weighted by Crippen LogP contribution is 2.33. The molecule has 6 heteroatoms. The van der Waals surface area contributed by atoms with Gasteiger partial charge in [-0.2, -0.15) is 16.4 Å². The SMILES string of the molecule is O=C(NCc1cc(-c2ccncc2)n(C2CCCC2)n1)c1ccsc1. The van der Waals surface area contributed by atoms with Crippen LogP contribution >= 0.6 is 11.3 Å². The van der Waals surface area contributed by atoms with Gasteiger partial charge in [-0.25, -0.2) is 0 Å². The van der Waals surface area contributed by atoms with Gasteiger partial charge in [0.2, 0.25) is 0 Å². The van der Waals surface area contributed by atoms with E-state index in [1.54, 1.807) is 12.4 Å². The summed E-state index contributed by atoms with van der Waals surface area (Å²) in [6.45, 7) is 0.437. The quantitative estimate of drug-likeness (QED) is 0.753. The number of pyridine rings is 1. The van der Waals surface area contributed by atoms with Gasteiger partial charge >= 0.3 is 0 Å². The minimum absolute atomic E-state index is 0.0536. The monoisotopic (exact) mass is 352 g/mol. The van der Waals surface area contributed by atoms with E-state index in [4.69, 9.17) is 5.10 Å². The maximum Gasteiger partial charge on any atom is 0.252 e. The van der Waals surface area contributed by atoms with Crippen LogP contribution in [-0.4, -0.2) is 20.7 Å². The number of aromatic nitrogens is 3. The summed E-state index contributed by atoms with van der Waals surface area (Å²) in [6.07, 6.45) is 8.45. The zero-order valence-electron chi connectivity index (χ0n) is 13.9. The van der Waals surface area contributed by atoms with E-state index < -0.39 is 0 Å². The van der Waals surface area contributed by atoms with Gasteiger partial charge in [0.1, 0.15) is 0 Å². The van der Waals surface area contributed by atoms with E-state index in [-0.39, 0.29) is 5.91 Å². The highest BCUT2D eigenvalue weighted by Gasteiger charge is 2.22. The van der Waals surface area contributed by atoms with E-state index in [9.17, 15) is 4.79 Å². The molecule has 0 atom stereocenters. The summed E-state index contributed by atoms with van der Waals surface area (Å²) in [4.78, 5) is 16.3. The molecule has 0 bridgehead atoms. The lowest BCUT2D eigenvalue weighted by Gasteiger charge is -2.14. The third-order valence-electron chi connectivity index (χ3n) is 4.65. The zero-order valence-corrected chi connectivity index (χ0v) is 14.7. The summed E-state index contributed by atoms with van der Waals surface area (Å²) in [5.41, 5.74) is 3.82. The first-order valence-electron chi connectivity index (χ1n) is 8.60. The van der Waals surface area contributed by atoms with Gasteiger partial charge in [0.25, 0.3) is 5.91 Å². The fourth-order valence-corrected chi connectivity index (χ4v) is 4.00. The summed E-state index contributed by atoms with van der Waals surface area (Å²) in [6, 6.07) is 8.39. The molecule has 0 saturated heterocycles. The standard InChI is InChI=1S/C19H20N4OS/c24-19(15-7-10-25-13-15)21-12-16-11-18(14-5-8-20-9-6-14)23(22-16)17-3-1-2-4-17/h5-11,13,17H,1-4,12H2,(H,21,24). The van der Waals surface area contributed by atoms with Gasteiger partial charge in [0.05, 0.1) is 24.0 Å². The van der Waals surface area contributed by atoms with Crippen LogP contribution in [0.15, 0.2) is 47.4 Å². The molecule has 1 fully saturated rings. The average molecular weight is 352 g/mol. The van der Waals surface area contributed by atoms with Gasteiger partial charge in [-0.1, -0.05) is 12.8 Å². The molecule has 4 rings (SSSR count). The second-order valence-electron chi connectivity index (χ2n) is 6.33. The highest BCUT2D eigenvalue weighted by atomic mass is 32.1. The molecule has 3 aromatic rings. The molecule has 128 valence electrons. The van der Waals surface area contributed by atoms with Crippen molar-refractivity contribution in [1.82, 2.24) is 20.1 Å². The maximum absolute atomic E-state index is 12.1. The van der Waals surface area contributed by atoms with Crippen LogP contribution in [0, 0.1) is 0 Å². The van der Waals surface area contributed by atoms with E-state index in [0.29, 0.717) is 18.2 Å². The molecule has 1 amide bonds. The summed E-state index contributed by atoms with van der Waals surface area (Å²) in [7, 11) is 0. The number of nitrogens with one attached hydrogen (secondary N) is 1. The molecule has 0 radical (unpaired) electrons. The van der Waals surface area contributed by atoms with Crippen molar-refractivity contribution in [1.29, 1.82) is 0 Å². The van der Waals surface area contributed by atoms with Crippen molar-refractivity contribution in [2.45, 2.75) is 38.3 Å². The molecule has 1 N–H and O–H groups in total. The van der Waals surface area contributed by atoms with Crippen LogP contribution in [0.5, 0.6) is 0 Å². The first-order valence-corrected chi connectivity index (χ1v) is 9.55. The van der Waals surface area contributed by atoms with Gasteiger partial charge in [-0.3, -0.25) is 14.5 Å². The smallest absolute Gasteiger partial charge is 0.252 e. The Kier molecular flexibility index (Phi) is 4.61. The Morgan fingerprint density at radius 3 is 2.76 bits per heavy atom. The van der Waals surface area contributed by atoms with Crippen molar-refractivity contribution in [2.24, 2.45) is 0 Å².